The smallest absolute Gasteiger partial charge is 0.0807 e. The Morgan fingerprint density at radius 1 is 1.10 bits per heavy atom. The summed E-state index contributed by atoms with van der Waals surface area (Å²) in [5.74, 6) is 0. The number of hydrogen-bond acceptors (Lipinski definition) is 2. The number of aliphatic hydroxyl groups excluding tert-OH is 1. The van der Waals surface area contributed by atoms with Crippen LogP contribution in [0.3, 0.4) is 0 Å². The Morgan fingerprint density at radius 3 is 2.52 bits per heavy atom. The Hall–Kier alpha value is -1.80. The molecule has 2 heteroatoms. The van der Waals surface area contributed by atoms with E-state index < -0.39 is 6.10 Å². The van der Waals surface area contributed by atoms with Crippen molar-refractivity contribution >= 4 is 11.4 Å². The van der Waals surface area contributed by atoms with Crippen LogP contribution in [0, 0.1) is 0 Å². The largest absolute Gasteiger partial charge is 0.388 e. The molecule has 2 nitrogen and oxygen atoms in total. The number of hydrogen-bond donors (Lipinski definition) is 1. The van der Waals surface area contributed by atoms with Crippen molar-refractivity contribution in [2.24, 2.45) is 0 Å². The van der Waals surface area contributed by atoms with Crippen molar-refractivity contribution in [3.05, 3.63) is 59.7 Å². The van der Waals surface area contributed by atoms with E-state index in [1.807, 2.05) is 19.1 Å². The van der Waals surface area contributed by atoms with Gasteiger partial charge in [0.15, 0.2) is 0 Å². The molecule has 2 atom stereocenters. The first kappa shape index (κ1) is 14.2. The summed E-state index contributed by atoms with van der Waals surface area (Å²) in [4.78, 5) is 2.40. The van der Waals surface area contributed by atoms with Crippen molar-refractivity contribution in [1.29, 1.82) is 0 Å². The van der Waals surface area contributed by atoms with Crippen molar-refractivity contribution < 1.29 is 5.11 Å². The summed E-state index contributed by atoms with van der Waals surface area (Å²) < 4.78 is 0. The molecular weight excluding hydrogens is 258 g/mol. The lowest BCUT2D eigenvalue weighted by atomic mass is 9.94. The zero-order valence-electron chi connectivity index (χ0n) is 12.8. The topological polar surface area (TPSA) is 23.5 Å². The van der Waals surface area contributed by atoms with Crippen LogP contribution in [-0.2, 0) is 6.42 Å². The van der Waals surface area contributed by atoms with Gasteiger partial charge in [0.05, 0.1) is 6.10 Å². The first-order chi connectivity index (χ1) is 10.2. The van der Waals surface area contributed by atoms with E-state index in [2.05, 4.69) is 48.2 Å². The summed E-state index contributed by atoms with van der Waals surface area (Å²) in [6.07, 6.45) is 2.61. The van der Waals surface area contributed by atoms with Gasteiger partial charge < -0.3 is 10.0 Å². The fraction of sp³-hybridized carbons (Fsp3) is 0.368. The Bertz CT molecular complexity index is 622. The molecule has 1 heterocycles. The Labute approximate surface area is 127 Å². The van der Waals surface area contributed by atoms with E-state index in [0.717, 1.165) is 30.5 Å². The normalized spacial score (nSPS) is 19.2. The van der Waals surface area contributed by atoms with Crippen LogP contribution in [0.2, 0.25) is 0 Å². The highest BCUT2D eigenvalue weighted by Gasteiger charge is 2.26. The molecule has 1 aliphatic rings. The summed E-state index contributed by atoms with van der Waals surface area (Å²) >= 11 is 0. The van der Waals surface area contributed by atoms with Crippen LogP contribution in [0.15, 0.2) is 48.5 Å². The van der Waals surface area contributed by atoms with E-state index >= 15 is 0 Å². The summed E-state index contributed by atoms with van der Waals surface area (Å²) in [5.41, 5.74) is 4.86. The molecule has 3 rings (SSSR count). The van der Waals surface area contributed by atoms with Crippen LogP contribution in [0.25, 0.3) is 0 Å². The van der Waals surface area contributed by atoms with E-state index in [4.69, 9.17) is 0 Å². The second kappa shape index (κ2) is 5.90. The van der Waals surface area contributed by atoms with Crippen LogP contribution in [0.1, 0.15) is 43.9 Å². The molecule has 0 saturated heterocycles. The van der Waals surface area contributed by atoms with Crippen LogP contribution >= 0.6 is 0 Å². The number of aliphatic hydroxyl groups is 1. The maximum Gasteiger partial charge on any atom is 0.0807 e. The Kier molecular flexibility index (Phi) is 3.98. The molecule has 21 heavy (non-hydrogen) atoms. The van der Waals surface area contributed by atoms with Gasteiger partial charge in [-0.05, 0) is 43.9 Å². The monoisotopic (exact) mass is 281 g/mol. The van der Waals surface area contributed by atoms with E-state index in [9.17, 15) is 5.11 Å². The zero-order chi connectivity index (χ0) is 14.8. The number of fused-ring (bicyclic) bond motifs is 1. The molecule has 0 aromatic heterocycles. The Balaban J connectivity index is 2.12. The lowest BCUT2D eigenvalue weighted by Gasteiger charge is -2.38. The molecule has 0 aliphatic carbocycles. The van der Waals surface area contributed by atoms with Gasteiger partial charge >= 0.3 is 0 Å². The molecule has 0 amide bonds. The van der Waals surface area contributed by atoms with E-state index in [-0.39, 0.29) is 0 Å². The van der Waals surface area contributed by atoms with Crippen molar-refractivity contribution in [3.63, 3.8) is 0 Å². The van der Waals surface area contributed by atoms with Gasteiger partial charge in [0.25, 0.3) is 0 Å². The Morgan fingerprint density at radius 2 is 1.76 bits per heavy atom. The first-order valence-electron chi connectivity index (χ1n) is 7.86. The minimum atomic E-state index is -0.400. The SMILES string of the molecule is CC[C@@H](O)c1ccccc1N1c2ccccc2CCC1C. The molecule has 1 N–H and O–H groups in total. The quantitative estimate of drug-likeness (QED) is 0.888. The predicted octanol–water partition coefficient (Wildman–Crippen LogP) is 4.60. The zero-order valence-corrected chi connectivity index (χ0v) is 12.8. The van der Waals surface area contributed by atoms with Gasteiger partial charge in [-0.1, -0.05) is 43.3 Å². The number of anilines is 2. The van der Waals surface area contributed by atoms with E-state index in [1.54, 1.807) is 0 Å². The number of benzene rings is 2. The maximum atomic E-state index is 10.3. The molecule has 1 aliphatic heterocycles. The standard InChI is InChI=1S/C19H23NO/c1-3-19(21)16-9-5-7-11-18(16)20-14(2)12-13-15-8-4-6-10-17(15)20/h4-11,14,19,21H,3,12-13H2,1-2H3/t14?,19-/m1/s1. The lowest BCUT2D eigenvalue weighted by Crippen LogP contribution is -2.34. The van der Waals surface area contributed by atoms with Gasteiger partial charge in [-0.25, -0.2) is 0 Å². The number of para-hydroxylation sites is 2. The average molecular weight is 281 g/mol. The van der Waals surface area contributed by atoms with Crippen molar-refractivity contribution in [2.75, 3.05) is 4.90 Å². The highest BCUT2D eigenvalue weighted by atomic mass is 16.3. The fourth-order valence-corrected chi connectivity index (χ4v) is 3.26. The fourth-order valence-electron chi connectivity index (χ4n) is 3.26. The minimum absolute atomic E-state index is 0.400. The summed E-state index contributed by atoms with van der Waals surface area (Å²) in [7, 11) is 0. The molecule has 110 valence electrons. The van der Waals surface area contributed by atoms with Gasteiger partial charge in [0.2, 0.25) is 0 Å². The maximum absolute atomic E-state index is 10.3. The van der Waals surface area contributed by atoms with Crippen molar-refractivity contribution in [3.8, 4) is 0 Å². The third kappa shape index (κ3) is 2.56. The predicted molar refractivity (Wildman–Crippen MR) is 88.1 cm³/mol. The number of rotatable bonds is 3. The minimum Gasteiger partial charge on any atom is -0.388 e. The molecule has 2 aromatic rings. The molecular formula is C19H23NO. The van der Waals surface area contributed by atoms with Gasteiger partial charge in [-0.3, -0.25) is 0 Å². The third-order valence-electron chi connectivity index (χ3n) is 4.47. The molecule has 0 radical (unpaired) electrons. The number of aryl methyl sites for hydroxylation is 1. The third-order valence-corrected chi connectivity index (χ3v) is 4.47. The van der Waals surface area contributed by atoms with Gasteiger partial charge in [0.1, 0.15) is 0 Å². The van der Waals surface area contributed by atoms with Crippen LogP contribution in [0.5, 0.6) is 0 Å². The average Bonchev–Trinajstić information content (AvgIpc) is 2.54. The molecule has 0 fully saturated rings. The highest BCUT2D eigenvalue weighted by Crippen LogP contribution is 2.40. The van der Waals surface area contributed by atoms with Crippen LogP contribution < -0.4 is 4.90 Å². The second-order valence-corrected chi connectivity index (χ2v) is 5.87. The highest BCUT2D eigenvalue weighted by molar-refractivity contribution is 5.71. The van der Waals surface area contributed by atoms with Gasteiger partial charge in [-0.2, -0.15) is 0 Å². The summed E-state index contributed by atoms with van der Waals surface area (Å²) in [6, 6.07) is 17.3. The first-order valence-corrected chi connectivity index (χ1v) is 7.86. The molecule has 0 saturated carbocycles. The van der Waals surface area contributed by atoms with Crippen molar-refractivity contribution in [1.82, 2.24) is 0 Å². The summed E-state index contributed by atoms with van der Waals surface area (Å²) in [6.45, 7) is 4.29. The van der Waals surface area contributed by atoms with E-state index in [0.29, 0.717) is 6.04 Å². The van der Waals surface area contributed by atoms with Crippen LogP contribution in [-0.4, -0.2) is 11.1 Å². The van der Waals surface area contributed by atoms with Crippen molar-refractivity contribution in [2.45, 2.75) is 45.3 Å². The van der Waals surface area contributed by atoms with E-state index in [1.165, 1.54) is 11.3 Å². The second-order valence-electron chi connectivity index (χ2n) is 5.87. The van der Waals surface area contributed by atoms with Gasteiger partial charge in [0, 0.05) is 23.0 Å². The summed E-state index contributed by atoms with van der Waals surface area (Å²) in [5, 5.41) is 10.3. The lowest BCUT2D eigenvalue weighted by molar-refractivity contribution is 0.174. The van der Waals surface area contributed by atoms with Crippen LogP contribution in [0.4, 0.5) is 11.4 Å². The molecule has 0 bridgehead atoms. The van der Waals surface area contributed by atoms with Gasteiger partial charge in [-0.15, -0.1) is 0 Å². The molecule has 1 unspecified atom stereocenters. The number of nitrogens with zero attached hydrogens (tertiary/aromatic N) is 1. The molecule has 0 spiro atoms. The molecule has 2 aromatic carbocycles.